The van der Waals surface area contributed by atoms with E-state index < -0.39 is 0 Å². The van der Waals surface area contributed by atoms with E-state index in [1.165, 1.54) is 6.07 Å². The van der Waals surface area contributed by atoms with Crippen LogP contribution in [0.2, 0.25) is 0 Å². The molecule has 0 aliphatic heterocycles. The fourth-order valence-corrected chi connectivity index (χ4v) is 1.77. The lowest BCUT2D eigenvalue weighted by Gasteiger charge is -2.02. The van der Waals surface area contributed by atoms with E-state index in [4.69, 9.17) is 4.52 Å². The molecule has 2 heterocycles. The minimum atomic E-state index is -0.171. The van der Waals surface area contributed by atoms with Crippen LogP contribution in [0.3, 0.4) is 0 Å². The number of H-pyrrole nitrogens is 1. The van der Waals surface area contributed by atoms with Crippen molar-refractivity contribution in [2.24, 2.45) is 5.92 Å². The van der Waals surface area contributed by atoms with Gasteiger partial charge in [0.25, 0.3) is 5.56 Å². The van der Waals surface area contributed by atoms with E-state index in [9.17, 15) is 4.79 Å². The largest absolute Gasteiger partial charge is 0.361 e. The molecule has 0 radical (unpaired) electrons. The zero-order valence-electron chi connectivity index (χ0n) is 11.4. The molecule has 6 heteroatoms. The molecule has 0 aliphatic carbocycles. The molecule has 0 aliphatic rings. The molecule has 0 bridgehead atoms. The van der Waals surface area contributed by atoms with Gasteiger partial charge in [0.2, 0.25) is 5.95 Å². The van der Waals surface area contributed by atoms with Crippen LogP contribution in [0.15, 0.2) is 21.5 Å². The first-order valence-electron chi connectivity index (χ1n) is 6.29. The first-order chi connectivity index (χ1) is 9.02. The molecule has 0 spiro atoms. The van der Waals surface area contributed by atoms with Gasteiger partial charge in [-0.15, -0.1) is 0 Å². The Morgan fingerprint density at radius 3 is 2.89 bits per heavy atom. The molecule has 2 aromatic heterocycles. The number of aromatic nitrogens is 3. The summed E-state index contributed by atoms with van der Waals surface area (Å²) in [6.45, 7) is 6.49. The SMILES string of the molecule is Cc1cc(=O)[nH]c(NCc2cc(CC(C)C)on2)n1. The van der Waals surface area contributed by atoms with Gasteiger partial charge in [-0.1, -0.05) is 19.0 Å². The molecule has 0 aromatic carbocycles. The minimum absolute atomic E-state index is 0.171. The van der Waals surface area contributed by atoms with Crippen LogP contribution >= 0.6 is 0 Å². The molecule has 2 N–H and O–H groups in total. The highest BCUT2D eigenvalue weighted by Gasteiger charge is 2.06. The van der Waals surface area contributed by atoms with Crippen LogP contribution in [0.5, 0.6) is 0 Å². The van der Waals surface area contributed by atoms with Gasteiger partial charge < -0.3 is 9.84 Å². The maximum atomic E-state index is 11.3. The third-order valence-electron chi connectivity index (χ3n) is 2.52. The fraction of sp³-hybridized carbons (Fsp3) is 0.462. The van der Waals surface area contributed by atoms with E-state index in [0.717, 1.165) is 17.9 Å². The lowest BCUT2D eigenvalue weighted by atomic mass is 10.1. The molecule has 19 heavy (non-hydrogen) atoms. The summed E-state index contributed by atoms with van der Waals surface area (Å²) in [5.74, 6) is 1.85. The second-order valence-corrected chi connectivity index (χ2v) is 4.97. The molecule has 0 unspecified atom stereocenters. The predicted octanol–water partition coefficient (Wildman–Crippen LogP) is 1.88. The number of nitrogens with zero attached hydrogens (tertiary/aromatic N) is 2. The zero-order chi connectivity index (χ0) is 13.8. The van der Waals surface area contributed by atoms with E-state index in [1.54, 1.807) is 6.92 Å². The van der Waals surface area contributed by atoms with Crippen molar-refractivity contribution in [3.63, 3.8) is 0 Å². The van der Waals surface area contributed by atoms with Crippen LogP contribution in [0.25, 0.3) is 0 Å². The van der Waals surface area contributed by atoms with Gasteiger partial charge in [0.1, 0.15) is 11.5 Å². The van der Waals surface area contributed by atoms with Crippen molar-refractivity contribution in [3.8, 4) is 0 Å². The Hall–Kier alpha value is -2.11. The van der Waals surface area contributed by atoms with E-state index >= 15 is 0 Å². The molecule has 2 rings (SSSR count). The first kappa shape index (κ1) is 13.3. The smallest absolute Gasteiger partial charge is 0.252 e. The molecule has 0 fully saturated rings. The number of anilines is 1. The quantitative estimate of drug-likeness (QED) is 0.859. The van der Waals surface area contributed by atoms with Crippen LogP contribution in [-0.4, -0.2) is 15.1 Å². The predicted molar refractivity (Wildman–Crippen MR) is 72.0 cm³/mol. The molecule has 102 valence electrons. The summed E-state index contributed by atoms with van der Waals surface area (Å²) in [6.07, 6.45) is 0.868. The van der Waals surface area contributed by atoms with Gasteiger partial charge in [-0.25, -0.2) is 4.98 Å². The standard InChI is InChI=1S/C13H18N4O2/c1-8(2)4-11-6-10(17-19-11)7-14-13-15-9(3)5-12(18)16-13/h5-6,8H,4,7H2,1-3H3,(H2,14,15,16,18). The Morgan fingerprint density at radius 2 is 2.21 bits per heavy atom. The molecule has 6 nitrogen and oxygen atoms in total. The summed E-state index contributed by atoms with van der Waals surface area (Å²) in [4.78, 5) is 18.1. The third-order valence-corrected chi connectivity index (χ3v) is 2.52. The summed E-state index contributed by atoms with van der Waals surface area (Å²) in [6, 6.07) is 3.36. The number of rotatable bonds is 5. The Labute approximate surface area is 111 Å². The number of nitrogens with one attached hydrogen (secondary N) is 2. The van der Waals surface area contributed by atoms with Crippen LogP contribution < -0.4 is 10.9 Å². The monoisotopic (exact) mass is 262 g/mol. The van der Waals surface area contributed by atoms with Crippen molar-refractivity contribution >= 4 is 5.95 Å². The van der Waals surface area contributed by atoms with Crippen molar-refractivity contribution in [2.45, 2.75) is 33.7 Å². The maximum absolute atomic E-state index is 11.3. The van der Waals surface area contributed by atoms with Crippen LogP contribution in [0.4, 0.5) is 5.95 Å². The summed E-state index contributed by atoms with van der Waals surface area (Å²) in [7, 11) is 0. The Kier molecular flexibility index (Phi) is 3.99. The topological polar surface area (TPSA) is 83.8 Å². The summed E-state index contributed by atoms with van der Waals surface area (Å²) in [5, 5.41) is 6.99. The van der Waals surface area contributed by atoms with Crippen molar-refractivity contribution in [1.29, 1.82) is 0 Å². The molecular weight excluding hydrogens is 244 g/mol. The molecule has 0 saturated carbocycles. The summed E-state index contributed by atoms with van der Waals surface area (Å²) in [5.41, 5.74) is 1.29. The van der Waals surface area contributed by atoms with Gasteiger partial charge in [0.15, 0.2) is 0 Å². The number of hydrogen-bond donors (Lipinski definition) is 2. The molecule has 0 atom stereocenters. The lowest BCUT2D eigenvalue weighted by Crippen LogP contribution is -2.12. The maximum Gasteiger partial charge on any atom is 0.252 e. The molecule has 2 aromatic rings. The summed E-state index contributed by atoms with van der Waals surface area (Å²) < 4.78 is 5.23. The van der Waals surface area contributed by atoms with E-state index in [1.807, 2.05) is 6.07 Å². The van der Waals surface area contributed by atoms with Gasteiger partial charge in [0.05, 0.1) is 6.54 Å². The van der Waals surface area contributed by atoms with Gasteiger partial charge >= 0.3 is 0 Å². The van der Waals surface area contributed by atoms with Gasteiger partial charge in [-0.2, -0.15) is 0 Å². The van der Waals surface area contributed by atoms with Crippen LogP contribution in [0.1, 0.15) is 31.0 Å². The highest BCUT2D eigenvalue weighted by Crippen LogP contribution is 2.10. The van der Waals surface area contributed by atoms with Crippen molar-refractivity contribution < 1.29 is 4.52 Å². The second kappa shape index (κ2) is 5.69. The highest BCUT2D eigenvalue weighted by molar-refractivity contribution is 5.26. The second-order valence-electron chi connectivity index (χ2n) is 4.97. The highest BCUT2D eigenvalue weighted by atomic mass is 16.5. The average Bonchev–Trinajstić information content (AvgIpc) is 2.72. The molecular formula is C13H18N4O2. The lowest BCUT2D eigenvalue weighted by molar-refractivity contribution is 0.364. The number of aryl methyl sites for hydroxylation is 1. The Balaban J connectivity index is 1.98. The van der Waals surface area contributed by atoms with Gasteiger partial charge in [-0.05, 0) is 12.8 Å². The van der Waals surface area contributed by atoms with Crippen molar-refractivity contribution in [1.82, 2.24) is 15.1 Å². The Bertz CT molecular complexity index is 601. The average molecular weight is 262 g/mol. The minimum Gasteiger partial charge on any atom is -0.361 e. The van der Waals surface area contributed by atoms with Crippen molar-refractivity contribution in [2.75, 3.05) is 5.32 Å². The third kappa shape index (κ3) is 3.94. The van der Waals surface area contributed by atoms with Crippen LogP contribution in [-0.2, 0) is 13.0 Å². The number of aromatic amines is 1. The first-order valence-corrected chi connectivity index (χ1v) is 6.29. The fourth-order valence-electron chi connectivity index (χ4n) is 1.77. The zero-order valence-corrected chi connectivity index (χ0v) is 11.4. The summed E-state index contributed by atoms with van der Waals surface area (Å²) >= 11 is 0. The number of hydrogen-bond acceptors (Lipinski definition) is 5. The van der Waals surface area contributed by atoms with E-state index in [2.05, 4.69) is 34.3 Å². The van der Waals surface area contributed by atoms with Crippen LogP contribution in [0, 0.1) is 12.8 Å². The Morgan fingerprint density at radius 1 is 1.42 bits per heavy atom. The molecule has 0 saturated heterocycles. The van der Waals surface area contributed by atoms with Gasteiger partial charge in [0, 0.05) is 24.2 Å². The molecule has 0 amide bonds. The van der Waals surface area contributed by atoms with Gasteiger partial charge in [-0.3, -0.25) is 9.78 Å². The van der Waals surface area contributed by atoms with E-state index in [-0.39, 0.29) is 5.56 Å². The van der Waals surface area contributed by atoms with Crippen molar-refractivity contribution in [3.05, 3.63) is 39.6 Å². The van der Waals surface area contributed by atoms with E-state index in [0.29, 0.717) is 24.1 Å². The normalized spacial score (nSPS) is 10.9.